The molecule has 1 aromatic carbocycles. The summed E-state index contributed by atoms with van der Waals surface area (Å²) in [4.78, 5) is 23.5. The zero-order chi connectivity index (χ0) is 16.7. The normalized spacial score (nSPS) is 19.9. The van der Waals surface area contributed by atoms with Crippen LogP contribution >= 0.6 is 11.6 Å². The van der Waals surface area contributed by atoms with Gasteiger partial charge in [0, 0.05) is 0 Å². The molecule has 1 unspecified atom stereocenters. The van der Waals surface area contributed by atoms with Crippen molar-refractivity contribution in [3.05, 3.63) is 34.9 Å². The summed E-state index contributed by atoms with van der Waals surface area (Å²) in [5, 5.41) is -0.709. The van der Waals surface area contributed by atoms with Crippen molar-refractivity contribution in [1.29, 1.82) is 0 Å². The van der Waals surface area contributed by atoms with E-state index in [1.807, 2.05) is 18.2 Å². The van der Waals surface area contributed by atoms with Crippen molar-refractivity contribution in [1.82, 2.24) is 0 Å². The summed E-state index contributed by atoms with van der Waals surface area (Å²) in [5.41, 5.74) is 3.18. The van der Waals surface area contributed by atoms with Crippen molar-refractivity contribution in [3.8, 4) is 0 Å². The molecule has 3 nitrogen and oxygen atoms in total. The van der Waals surface area contributed by atoms with Crippen LogP contribution in [0.4, 0.5) is 0 Å². The summed E-state index contributed by atoms with van der Waals surface area (Å²) in [6.07, 6.45) is 2.18. The zero-order valence-electron chi connectivity index (χ0n) is 13.8. The average molecular weight is 323 g/mol. The van der Waals surface area contributed by atoms with Gasteiger partial charge in [-0.1, -0.05) is 45.9 Å². The first-order valence-electron chi connectivity index (χ1n) is 7.52. The number of halogens is 1. The van der Waals surface area contributed by atoms with Crippen molar-refractivity contribution in [2.24, 2.45) is 0 Å². The Labute approximate surface area is 137 Å². The van der Waals surface area contributed by atoms with Crippen molar-refractivity contribution >= 4 is 22.8 Å². The van der Waals surface area contributed by atoms with Gasteiger partial charge in [0.05, 0.1) is 7.11 Å². The Morgan fingerprint density at radius 3 is 2.14 bits per heavy atom. The quantitative estimate of drug-likeness (QED) is 0.479. The van der Waals surface area contributed by atoms with E-state index < -0.39 is 17.1 Å². The average Bonchev–Trinajstić information content (AvgIpc) is 2.43. The van der Waals surface area contributed by atoms with E-state index in [4.69, 9.17) is 16.3 Å². The maximum atomic E-state index is 11.9. The van der Waals surface area contributed by atoms with E-state index in [0.717, 1.165) is 12.8 Å². The molecule has 1 aliphatic rings. The fraction of sp³-hybridized carbons (Fsp3) is 0.556. The number of benzene rings is 1. The first-order chi connectivity index (χ1) is 10.1. The summed E-state index contributed by atoms with van der Waals surface area (Å²) in [6, 6.07) is 5.81. The minimum absolute atomic E-state index is 0.0108. The van der Waals surface area contributed by atoms with E-state index in [2.05, 4.69) is 27.7 Å². The van der Waals surface area contributed by atoms with Crippen LogP contribution in [0.15, 0.2) is 18.2 Å². The van der Waals surface area contributed by atoms with Crippen LogP contribution < -0.4 is 0 Å². The van der Waals surface area contributed by atoms with Crippen LogP contribution in [0.1, 0.15) is 63.1 Å². The molecule has 1 aromatic rings. The largest absolute Gasteiger partial charge is 0.468 e. The Morgan fingerprint density at radius 2 is 1.64 bits per heavy atom. The molecule has 0 aromatic heterocycles. The van der Waals surface area contributed by atoms with Gasteiger partial charge in [-0.05, 0) is 52.0 Å². The second-order valence-corrected chi connectivity index (χ2v) is 7.71. The number of hydrogen-bond acceptors (Lipinski definition) is 3. The van der Waals surface area contributed by atoms with Gasteiger partial charge in [0.1, 0.15) is 0 Å². The Bertz CT molecular complexity index is 617. The number of fused-ring (bicyclic) bond motifs is 1. The molecular weight excluding hydrogens is 300 g/mol. The van der Waals surface area contributed by atoms with Gasteiger partial charge in [-0.25, -0.2) is 0 Å². The van der Waals surface area contributed by atoms with Crippen molar-refractivity contribution in [3.63, 3.8) is 0 Å². The SMILES string of the molecule is COC(=O)C(C(=O)Cl)c1ccc2c(c1)C(C)(C)CCC2(C)C. The molecule has 1 atom stereocenters. The molecule has 0 heterocycles. The van der Waals surface area contributed by atoms with Gasteiger partial charge in [-0.15, -0.1) is 0 Å². The fourth-order valence-electron chi connectivity index (χ4n) is 3.26. The minimum atomic E-state index is -1.06. The molecule has 1 aliphatic carbocycles. The number of carbonyl (C=O) groups excluding carboxylic acids is 2. The molecule has 0 saturated heterocycles. The Kier molecular flexibility index (Phi) is 4.40. The molecular formula is C18H23ClO3. The number of hydrogen-bond donors (Lipinski definition) is 0. The highest BCUT2D eigenvalue weighted by atomic mass is 35.5. The van der Waals surface area contributed by atoms with Gasteiger partial charge in [0.15, 0.2) is 5.92 Å². The molecule has 0 fully saturated rings. The van der Waals surface area contributed by atoms with Crippen LogP contribution in [0.2, 0.25) is 0 Å². The van der Waals surface area contributed by atoms with Crippen molar-refractivity contribution < 1.29 is 14.3 Å². The molecule has 0 spiro atoms. The maximum absolute atomic E-state index is 11.9. The van der Waals surface area contributed by atoms with E-state index in [9.17, 15) is 9.59 Å². The molecule has 0 aliphatic heterocycles. The molecule has 22 heavy (non-hydrogen) atoms. The maximum Gasteiger partial charge on any atom is 0.322 e. The summed E-state index contributed by atoms with van der Waals surface area (Å²) in [6.45, 7) is 8.84. The highest BCUT2D eigenvalue weighted by Crippen LogP contribution is 2.46. The molecule has 0 bridgehead atoms. The Balaban J connectivity index is 2.59. The van der Waals surface area contributed by atoms with Crippen LogP contribution in [0, 0.1) is 0 Å². The van der Waals surface area contributed by atoms with Crippen LogP contribution in [-0.2, 0) is 25.2 Å². The number of carbonyl (C=O) groups is 2. The highest BCUT2D eigenvalue weighted by molar-refractivity contribution is 6.66. The lowest BCUT2D eigenvalue weighted by Gasteiger charge is -2.42. The van der Waals surface area contributed by atoms with Gasteiger partial charge in [0.2, 0.25) is 5.24 Å². The van der Waals surface area contributed by atoms with Crippen LogP contribution in [0.3, 0.4) is 0 Å². The predicted molar refractivity (Wildman–Crippen MR) is 87.3 cm³/mol. The number of esters is 1. The van der Waals surface area contributed by atoms with E-state index in [1.165, 1.54) is 18.2 Å². The third-order valence-corrected chi connectivity index (χ3v) is 5.09. The van der Waals surface area contributed by atoms with Gasteiger partial charge < -0.3 is 4.74 Å². The second-order valence-electron chi connectivity index (χ2n) is 7.33. The van der Waals surface area contributed by atoms with Gasteiger partial charge in [-0.3, -0.25) is 9.59 Å². The molecule has 0 saturated carbocycles. The predicted octanol–water partition coefficient (Wildman–Crippen LogP) is 4.06. The Morgan fingerprint density at radius 1 is 1.09 bits per heavy atom. The molecule has 0 N–H and O–H groups in total. The van der Waals surface area contributed by atoms with E-state index in [1.54, 1.807) is 0 Å². The molecule has 0 radical (unpaired) electrons. The summed E-state index contributed by atoms with van der Waals surface area (Å²) in [5.74, 6) is -1.68. The lowest BCUT2D eigenvalue weighted by molar-refractivity contribution is -0.144. The number of methoxy groups -OCH3 is 1. The first kappa shape index (κ1) is 17.0. The lowest BCUT2D eigenvalue weighted by Crippen LogP contribution is -2.34. The van der Waals surface area contributed by atoms with E-state index >= 15 is 0 Å². The van der Waals surface area contributed by atoms with Crippen molar-refractivity contribution in [2.75, 3.05) is 7.11 Å². The van der Waals surface area contributed by atoms with Crippen molar-refractivity contribution in [2.45, 2.75) is 57.3 Å². The first-order valence-corrected chi connectivity index (χ1v) is 7.90. The zero-order valence-corrected chi connectivity index (χ0v) is 14.6. The minimum Gasteiger partial charge on any atom is -0.468 e. The highest BCUT2D eigenvalue weighted by Gasteiger charge is 2.38. The molecule has 2 rings (SSSR count). The standard InChI is InChI=1S/C18H23ClO3/c1-17(2)8-9-18(3,4)13-10-11(6-7-12(13)17)14(15(19)20)16(21)22-5/h6-7,10,14H,8-9H2,1-5H3. The number of ether oxygens (including phenoxy) is 1. The van der Waals surface area contributed by atoms with E-state index in [0.29, 0.717) is 5.56 Å². The second kappa shape index (κ2) is 5.69. The Hall–Kier alpha value is -1.35. The van der Waals surface area contributed by atoms with Gasteiger partial charge in [0.25, 0.3) is 0 Å². The van der Waals surface area contributed by atoms with E-state index in [-0.39, 0.29) is 10.8 Å². The summed E-state index contributed by atoms with van der Waals surface area (Å²) < 4.78 is 4.72. The smallest absolute Gasteiger partial charge is 0.322 e. The molecule has 120 valence electrons. The fourth-order valence-corrected chi connectivity index (χ4v) is 3.48. The lowest BCUT2D eigenvalue weighted by atomic mass is 9.62. The van der Waals surface area contributed by atoms with Gasteiger partial charge in [-0.2, -0.15) is 0 Å². The van der Waals surface area contributed by atoms with Gasteiger partial charge >= 0.3 is 5.97 Å². The topological polar surface area (TPSA) is 43.4 Å². The monoisotopic (exact) mass is 322 g/mol. The summed E-state index contributed by atoms with van der Waals surface area (Å²) in [7, 11) is 1.26. The summed E-state index contributed by atoms with van der Waals surface area (Å²) >= 11 is 5.62. The molecule has 0 amide bonds. The van der Waals surface area contributed by atoms with Crippen LogP contribution in [0.25, 0.3) is 0 Å². The van der Waals surface area contributed by atoms with Crippen LogP contribution in [0.5, 0.6) is 0 Å². The molecule has 4 heteroatoms. The third-order valence-electron chi connectivity index (χ3n) is 4.87. The number of rotatable bonds is 3. The van der Waals surface area contributed by atoms with Crippen LogP contribution in [-0.4, -0.2) is 18.3 Å². The third kappa shape index (κ3) is 2.91.